The number of carbonyl (C=O) groups excluding carboxylic acids is 1. The monoisotopic (exact) mass is 323 g/mol. The van der Waals surface area contributed by atoms with Gasteiger partial charge in [0.05, 0.1) is 18.1 Å². The third kappa shape index (κ3) is 2.46. The summed E-state index contributed by atoms with van der Waals surface area (Å²) in [7, 11) is 3.66. The molecule has 1 fully saturated rings. The van der Waals surface area contributed by atoms with Gasteiger partial charge in [0, 0.05) is 32.3 Å². The van der Waals surface area contributed by atoms with Gasteiger partial charge in [-0.25, -0.2) is 0 Å². The van der Waals surface area contributed by atoms with Crippen LogP contribution in [0.25, 0.3) is 11.0 Å². The van der Waals surface area contributed by atoms with Crippen molar-refractivity contribution in [1.82, 2.24) is 14.5 Å². The van der Waals surface area contributed by atoms with Gasteiger partial charge in [0.15, 0.2) is 0 Å². The van der Waals surface area contributed by atoms with Crippen LogP contribution in [0.5, 0.6) is 5.75 Å². The van der Waals surface area contributed by atoms with Crippen LogP contribution in [0.4, 0.5) is 0 Å². The Balaban J connectivity index is 1.49. The standard InChI is InChI=1S/C19H21N3O2/c1-21-9-8-16-18(21)11-17(20-16)19(23)22-10-7-14(12-22)13-3-5-15(24-2)6-4-13/h3-6,8-9,11,14,20H,7,10,12H2,1-2H3. The van der Waals surface area contributed by atoms with E-state index in [9.17, 15) is 4.79 Å². The van der Waals surface area contributed by atoms with Crippen molar-refractivity contribution in [2.75, 3.05) is 20.2 Å². The van der Waals surface area contributed by atoms with Crippen molar-refractivity contribution < 1.29 is 9.53 Å². The summed E-state index contributed by atoms with van der Waals surface area (Å²) in [5, 5.41) is 0. The number of ether oxygens (including phenoxy) is 1. The molecule has 0 bridgehead atoms. The average Bonchev–Trinajstić information content (AvgIpc) is 3.32. The highest BCUT2D eigenvalue weighted by Gasteiger charge is 2.28. The van der Waals surface area contributed by atoms with Gasteiger partial charge in [-0.15, -0.1) is 0 Å². The van der Waals surface area contributed by atoms with Crippen molar-refractivity contribution in [1.29, 1.82) is 0 Å². The Hall–Kier alpha value is -2.69. The Labute approximate surface area is 140 Å². The molecule has 3 aromatic rings. The first-order valence-corrected chi connectivity index (χ1v) is 8.23. The number of hydrogen-bond acceptors (Lipinski definition) is 2. The Bertz CT molecular complexity index is 876. The molecule has 1 aromatic carbocycles. The van der Waals surface area contributed by atoms with Crippen molar-refractivity contribution in [2.45, 2.75) is 12.3 Å². The molecular formula is C19H21N3O2. The van der Waals surface area contributed by atoms with Crippen LogP contribution in [0.2, 0.25) is 0 Å². The maximum absolute atomic E-state index is 12.8. The number of benzene rings is 1. The predicted molar refractivity (Wildman–Crippen MR) is 93.5 cm³/mol. The molecule has 1 atom stereocenters. The predicted octanol–water partition coefficient (Wildman–Crippen LogP) is 3.14. The van der Waals surface area contributed by atoms with Gasteiger partial charge < -0.3 is 19.2 Å². The average molecular weight is 323 g/mol. The molecule has 5 heteroatoms. The van der Waals surface area contributed by atoms with E-state index in [1.165, 1.54) is 5.56 Å². The number of hydrogen-bond donors (Lipinski definition) is 1. The molecule has 1 aliphatic rings. The second-order valence-electron chi connectivity index (χ2n) is 6.42. The van der Waals surface area contributed by atoms with Crippen LogP contribution >= 0.6 is 0 Å². The van der Waals surface area contributed by atoms with Crippen LogP contribution in [0.1, 0.15) is 28.4 Å². The molecule has 1 amide bonds. The molecular weight excluding hydrogens is 302 g/mol. The SMILES string of the molecule is COc1ccc(C2CCN(C(=O)c3cc4c(ccn4C)[nH]3)C2)cc1. The minimum absolute atomic E-state index is 0.0854. The van der Waals surface area contributed by atoms with Gasteiger partial charge in [-0.3, -0.25) is 4.79 Å². The normalized spacial score (nSPS) is 17.6. The lowest BCUT2D eigenvalue weighted by Crippen LogP contribution is -2.28. The molecule has 3 heterocycles. The zero-order valence-corrected chi connectivity index (χ0v) is 14.0. The van der Waals surface area contributed by atoms with E-state index in [0.717, 1.165) is 36.3 Å². The summed E-state index contributed by atoms with van der Waals surface area (Å²) < 4.78 is 7.23. The number of nitrogens with one attached hydrogen (secondary N) is 1. The first-order valence-electron chi connectivity index (χ1n) is 8.23. The number of methoxy groups -OCH3 is 1. The molecule has 0 radical (unpaired) electrons. The lowest BCUT2D eigenvalue weighted by atomic mass is 9.98. The highest BCUT2D eigenvalue weighted by atomic mass is 16.5. The fourth-order valence-electron chi connectivity index (χ4n) is 3.52. The van der Waals surface area contributed by atoms with Gasteiger partial charge in [-0.1, -0.05) is 12.1 Å². The highest BCUT2D eigenvalue weighted by Crippen LogP contribution is 2.29. The number of aryl methyl sites for hydroxylation is 1. The van der Waals surface area contributed by atoms with Crippen LogP contribution in [0, 0.1) is 0 Å². The summed E-state index contributed by atoms with van der Waals surface area (Å²) in [5.41, 5.74) is 4.00. The van der Waals surface area contributed by atoms with Crippen molar-refractivity contribution in [3.63, 3.8) is 0 Å². The number of H-pyrrole nitrogens is 1. The molecule has 1 N–H and O–H groups in total. The number of amides is 1. The first-order chi connectivity index (χ1) is 11.7. The minimum Gasteiger partial charge on any atom is -0.497 e. The summed E-state index contributed by atoms with van der Waals surface area (Å²) in [4.78, 5) is 17.9. The fourth-order valence-corrected chi connectivity index (χ4v) is 3.52. The second kappa shape index (κ2) is 5.74. The van der Waals surface area contributed by atoms with Gasteiger partial charge in [0.2, 0.25) is 0 Å². The first kappa shape index (κ1) is 14.9. The van der Waals surface area contributed by atoms with Gasteiger partial charge in [0.1, 0.15) is 11.4 Å². The van der Waals surface area contributed by atoms with Crippen molar-refractivity contribution in [3.05, 3.63) is 53.9 Å². The van der Waals surface area contributed by atoms with E-state index in [1.54, 1.807) is 7.11 Å². The van der Waals surface area contributed by atoms with E-state index in [4.69, 9.17) is 4.74 Å². The van der Waals surface area contributed by atoms with Gasteiger partial charge in [-0.2, -0.15) is 0 Å². The Morgan fingerprint density at radius 3 is 2.75 bits per heavy atom. The third-order valence-electron chi connectivity index (χ3n) is 4.96. The van der Waals surface area contributed by atoms with Crippen molar-refractivity contribution >= 4 is 16.9 Å². The van der Waals surface area contributed by atoms with Crippen LogP contribution in [0.15, 0.2) is 42.6 Å². The summed E-state index contributed by atoms with van der Waals surface area (Å²) in [6, 6.07) is 12.1. The van der Waals surface area contributed by atoms with E-state index in [2.05, 4.69) is 17.1 Å². The topological polar surface area (TPSA) is 50.3 Å². The molecule has 2 aromatic heterocycles. The number of aromatic amines is 1. The van der Waals surface area contributed by atoms with Gasteiger partial charge in [-0.05, 0) is 36.2 Å². The summed E-state index contributed by atoms with van der Waals surface area (Å²) in [5.74, 6) is 1.34. The molecule has 4 rings (SSSR count). The Kier molecular flexibility index (Phi) is 3.56. The highest BCUT2D eigenvalue weighted by molar-refractivity contribution is 5.97. The molecule has 24 heavy (non-hydrogen) atoms. The van der Waals surface area contributed by atoms with E-state index in [-0.39, 0.29) is 5.91 Å². The number of rotatable bonds is 3. The molecule has 0 aliphatic carbocycles. The Morgan fingerprint density at radius 1 is 1.25 bits per heavy atom. The summed E-state index contributed by atoms with van der Waals surface area (Å²) in [6.45, 7) is 1.56. The fraction of sp³-hybridized carbons (Fsp3) is 0.316. The van der Waals surface area contributed by atoms with E-state index in [1.807, 2.05) is 47.0 Å². The van der Waals surface area contributed by atoms with E-state index in [0.29, 0.717) is 11.6 Å². The molecule has 1 aliphatic heterocycles. The van der Waals surface area contributed by atoms with Crippen molar-refractivity contribution in [2.24, 2.45) is 7.05 Å². The Morgan fingerprint density at radius 2 is 2.04 bits per heavy atom. The number of nitrogens with zero attached hydrogens (tertiary/aromatic N) is 2. The lowest BCUT2D eigenvalue weighted by molar-refractivity contribution is 0.0786. The molecule has 1 saturated heterocycles. The molecule has 1 unspecified atom stereocenters. The quantitative estimate of drug-likeness (QED) is 0.805. The smallest absolute Gasteiger partial charge is 0.270 e. The minimum atomic E-state index is 0.0854. The molecule has 5 nitrogen and oxygen atoms in total. The maximum atomic E-state index is 12.8. The zero-order valence-electron chi connectivity index (χ0n) is 14.0. The summed E-state index contributed by atoms with van der Waals surface area (Å²) >= 11 is 0. The van der Waals surface area contributed by atoms with Gasteiger partial charge >= 0.3 is 0 Å². The van der Waals surface area contributed by atoms with Crippen LogP contribution in [0.3, 0.4) is 0 Å². The van der Waals surface area contributed by atoms with Crippen molar-refractivity contribution in [3.8, 4) is 5.75 Å². The van der Waals surface area contributed by atoms with E-state index < -0.39 is 0 Å². The number of likely N-dealkylation sites (tertiary alicyclic amines) is 1. The number of carbonyl (C=O) groups is 1. The molecule has 0 saturated carbocycles. The zero-order chi connectivity index (χ0) is 16.7. The lowest BCUT2D eigenvalue weighted by Gasteiger charge is -2.16. The molecule has 124 valence electrons. The van der Waals surface area contributed by atoms with Gasteiger partial charge in [0.25, 0.3) is 5.91 Å². The van der Waals surface area contributed by atoms with Crippen LogP contribution in [-0.2, 0) is 7.05 Å². The van der Waals surface area contributed by atoms with Crippen LogP contribution in [-0.4, -0.2) is 40.6 Å². The second-order valence-corrected chi connectivity index (χ2v) is 6.42. The number of fused-ring (bicyclic) bond motifs is 1. The molecule has 0 spiro atoms. The number of aromatic nitrogens is 2. The van der Waals surface area contributed by atoms with E-state index >= 15 is 0 Å². The van der Waals surface area contributed by atoms with Crippen LogP contribution < -0.4 is 4.74 Å². The largest absolute Gasteiger partial charge is 0.497 e. The third-order valence-corrected chi connectivity index (χ3v) is 4.96. The maximum Gasteiger partial charge on any atom is 0.270 e. The summed E-state index contributed by atoms with van der Waals surface area (Å²) in [6.07, 6.45) is 2.99.